The lowest BCUT2D eigenvalue weighted by molar-refractivity contribution is -0.255. The van der Waals surface area contributed by atoms with E-state index in [9.17, 15) is 9.90 Å². The summed E-state index contributed by atoms with van der Waals surface area (Å²) < 4.78 is 3.79. The Balaban J connectivity index is 1.35. The van der Waals surface area contributed by atoms with Gasteiger partial charge in [-0.25, -0.2) is 4.68 Å². The summed E-state index contributed by atoms with van der Waals surface area (Å²) in [7, 11) is 0. The van der Waals surface area contributed by atoms with E-state index in [0.29, 0.717) is 12.4 Å². The molecule has 0 aliphatic heterocycles. The fourth-order valence-corrected chi connectivity index (χ4v) is 6.74. The van der Waals surface area contributed by atoms with Crippen LogP contribution in [0.25, 0.3) is 22.5 Å². The second-order valence-electron chi connectivity index (χ2n) is 11.8. The van der Waals surface area contributed by atoms with E-state index in [2.05, 4.69) is 77.9 Å². The van der Waals surface area contributed by atoms with Gasteiger partial charge in [-0.3, -0.25) is 0 Å². The molecule has 0 spiro atoms. The standard InChI is InChI=1S/C41H35N5O2/c1-2-14-35-27-28-38(40(47)48)45(35)29-30-23-25-31(26-24-30)36-21-12-13-22-37(36)39-42-43-44-46(39)41(32-15-6-3-7-16-32,33-17-8-4-9-18-33)34-19-10-5-11-20-34/h3-13,15-28H,2,14,29H2,1H3,(H,47,48)/p-1. The summed E-state index contributed by atoms with van der Waals surface area (Å²) in [6.45, 7) is 2.53. The molecule has 0 amide bonds. The van der Waals surface area contributed by atoms with Gasteiger partial charge in [0.15, 0.2) is 5.82 Å². The van der Waals surface area contributed by atoms with Gasteiger partial charge in [0.25, 0.3) is 0 Å². The van der Waals surface area contributed by atoms with Crippen molar-refractivity contribution in [1.82, 2.24) is 24.8 Å². The van der Waals surface area contributed by atoms with Crippen molar-refractivity contribution < 1.29 is 9.90 Å². The largest absolute Gasteiger partial charge is 0.543 e. The molecule has 5 aromatic carbocycles. The van der Waals surface area contributed by atoms with E-state index in [0.717, 1.165) is 57.5 Å². The van der Waals surface area contributed by atoms with Crippen LogP contribution >= 0.6 is 0 Å². The number of aromatic carboxylic acids is 1. The number of carboxylic acids is 1. The van der Waals surface area contributed by atoms with Crippen LogP contribution in [-0.4, -0.2) is 30.7 Å². The maximum absolute atomic E-state index is 11.8. The number of tetrazole rings is 1. The molecule has 0 fully saturated rings. The van der Waals surface area contributed by atoms with Crippen molar-refractivity contribution in [2.75, 3.05) is 0 Å². The first-order valence-electron chi connectivity index (χ1n) is 16.1. The second-order valence-corrected chi connectivity index (χ2v) is 11.8. The van der Waals surface area contributed by atoms with Crippen LogP contribution in [0, 0.1) is 0 Å². The lowest BCUT2D eigenvalue weighted by atomic mass is 9.77. The molecule has 48 heavy (non-hydrogen) atoms. The third kappa shape index (κ3) is 5.49. The van der Waals surface area contributed by atoms with Gasteiger partial charge in [-0.15, -0.1) is 5.10 Å². The van der Waals surface area contributed by atoms with Crippen LogP contribution in [0.2, 0.25) is 0 Å². The highest BCUT2D eigenvalue weighted by Crippen LogP contribution is 2.43. The molecule has 7 rings (SSSR count). The Morgan fingerprint density at radius 2 is 1.21 bits per heavy atom. The van der Waals surface area contributed by atoms with Crippen molar-refractivity contribution in [1.29, 1.82) is 0 Å². The zero-order valence-corrected chi connectivity index (χ0v) is 26.6. The van der Waals surface area contributed by atoms with E-state index in [1.165, 1.54) is 0 Å². The molecule has 2 heterocycles. The molecular weight excluding hydrogens is 594 g/mol. The first-order chi connectivity index (χ1) is 23.6. The first-order valence-corrected chi connectivity index (χ1v) is 16.1. The molecule has 7 heteroatoms. The quantitative estimate of drug-likeness (QED) is 0.144. The second kappa shape index (κ2) is 13.3. The van der Waals surface area contributed by atoms with E-state index >= 15 is 0 Å². The lowest BCUT2D eigenvalue weighted by Crippen LogP contribution is -2.39. The monoisotopic (exact) mass is 628 g/mol. The Labute approximate surface area is 279 Å². The molecule has 0 saturated carbocycles. The minimum absolute atomic E-state index is 0.193. The van der Waals surface area contributed by atoms with Gasteiger partial charge < -0.3 is 14.5 Å². The number of hydrogen-bond donors (Lipinski definition) is 0. The fraction of sp³-hybridized carbons (Fsp3) is 0.122. The van der Waals surface area contributed by atoms with Crippen molar-refractivity contribution in [2.45, 2.75) is 31.8 Å². The van der Waals surface area contributed by atoms with Gasteiger partial charge in [0.1, 0.15) is 5.54 Å². The minimum atomic E-state index is -1.17. The van der Waals surface area contributed by atoms with E-state index in [-0.39, 0.29) is 5.69 Å². The molecule has 2 aromatic heterocycles. The smallest absolute Gasteiger partial charge is 0.184 e. The summed E-state index contributed by atoms with van der Waals surface area (Å²) in [4.78, 5) is 11.8. The first kappa shape index (κ1) is 30.6. The number of aromatic nitrogens is 5. The van der Waals surface area contributed by atoms with Crippen LogP contribution in [0.3, 0.4) is 0 Å². The summed E-state index contributed by atoms with van der Waals surface area (Å²) in [5.41, 5.74) is 7.24. The van der Waals surface area contributed by atoms with Crippen LogP contribution in [0.15, 0.2) is 152 Å². The maximum atomic E-state index is 11.8. The van der Waals surface area contributed by atoms with Crippen LogP contribution in [0.5, 0.6) is 0 Å². The summed E-state index contributed by atoms with van der Waals surface area (Å²) >= 11 is 0. The number of carbonyl (C=O) groups is 1. The topological polar surface area (TPSA) is 88.7 Å². The third-order valence-electron chi connectivity index (χ3n) is 8.92. The number of hydrogen-bond acceptors (Lipinski definition) is 5. The predicted molar refractivity (Wildman–Crippen MR) is 185 cm³/mol. The zero-order valence-electron chi connectivity index (χ0n) is 26.6. The Bertz CT molecular complexity index is 2040. The SMILES string of the molecule is CCCc1ccc(C(=O)[O-])n1Cc1ccc(-c2ccccc2-c2nnnn2C(c2ccccc2)(c2ccccc2)c2ccccc2)cc1. The number of carbonyl (C=O) groups excluding carboxylic acids is 1. The van der Waals surface area contributed by atoms with Gasteiger partial charge in [0.05, 0.1) is 11.7 Å². The Hall–Kier alpha value is -6.08. The molecule has 0 saturated heterocycles. The van der Waals surface area contributed by atoms with Gasteiger partial charge in [-0.1, -0.05) is 153 Å². The average Bonchev–Trinajstić information content (AvgIpc) is 3.79. The van der Waals surface area contributed by atoms with E-state index in [1.807, 2.05) is 94.2 Å². The zero-order chi connectivity index (χ0) is 32.9. The number of benzene rings is 5. The highest BCUT2D eigenvalue weighted by Gasteiger charge is 2.42. The van der Waals surface area contributed by atoms with Crippen LogP contribution in [-0.2, 0) is 18.5 Å². The van der Waals surface area contributed by atoms with Crippen molar-refractivity contribution in [2.24, 2.45) is 0 Å². The molecule has 0 unspecified atom stereocenters. The number of rotatable bonds is 11. The molecular formula is C41H34N5O2-. The van der Waals surface area contributed by atoms with E-state index in [1.54, 1.807) is 6.07 Å². The third-order valence-corrected chi connectivity index (χ3v) is 8.92. The normalized spacial score (nSPS) is 11.4. The van der Waals surface area contributed by atoms with Crippen molar-refractivity contribution in [3.05, 3.63) is 185 Å². The molecule has 0 radical (unpaired) electrons. The number of nitrogens with zero attached hydrogens (tertiary/aromatic N) is 5. The van der Waals surface area contributed by atoms with Crippen molar-refractivity contribution in [3.63, 3.8) is 0 Å². The summed E-state index contributed by atoms with van der Waals surface area (Å²) in [5.74, 6) is -0.542. The Kier molecular flexibility index (Phi) is 8.49. The lowest BCUT2D eigenvalue weighted by Gasteiger charge is -2.36. The van der Waals surface area contributed by atoms with Crippen molar-refractivity contribution in [3.8, 4) is 22.5 Å². The Morgan fingerprint density at radius 1 is 0.667 bits per heavy atom. The summed E-state index contributed by atoms with van der Waals surface area (Å²) in [6, 6.07) is 51.0. The maximum Gasteiger partial charge on any atom is 0.184 e. The van der Waals surface area contributed by atoms with Crippen LogP contribution in [0.1, 0.15) is 51.8 Å². The fourth-order valence-electron chi connectivity index (χ4n) is 6.74. The molecule has 0 aliphatic rings. The molecule has 7 aromatic rings. The Morgan fingerprint density at radius 3 is 1.75 bits per heavy atom. The van der Waals surface area contributed by atoms with E-state index < -0.39 is 11.5 Å². The van der Waals surface area contributed by atoms with Gasteiger partial charge in [-0.05, 0) is 62.4 Å². The van der Waals surface area contributed by atoms with Gasteiger partial charge in [0.2, 0.25) is 0 Å². The summed E-state index contributed by atoms with van der Waals surface area (Å²) in [5, 5.41) is 25.5. The molecule has 236 valence electrons. The number of aryl methyl sites for hydroxylation is 1. The van der Waals surface area contributed by atoms with Crippen LogP contribution in [0.4, 0.5) is 0 Å². The molecule has 0 N–H and O–H groups in total. The van der Waals surface area contributed by atoms with Crippen molar-refractivity contribution >= 4 is 5.97 Å². The molecule has 7 nitrogen and oxygen atoms in total. The van der Waals surface area contributed by atoms with Gasteiger partial charge in [-0.2, -0.15) is 0 Å². The van der Waals surface area contributed by atoms with E-state index in [4.69, 9.17) is 5.21 Å². The highest BCUT2D eigenvalue weighted by molar-refractivity contribution is 5.84. The minimum Gasteiger partial charge on any atom is -0.543 e. The van der Waals surface area contributed by atoms with Gasteiger partial charge >= 0.3 is 0 Å². The average molecular weight is 629 g/mol. The number of carboxylic acid groups (broad SMARTS) is 1. The highest BCUT2D eigenvalue weighted by atomic mass is 16.4. The predicted octanol–water partition coefficient (Wildman–Crippen LogP) is 7.01. The molecule has 0 aliphatic carbocycles. The van der Waals surface area contributed by atoms with Crippen LogP contribution < -0.4 is 5.11 Å². The molecule has 0 atom stereocenters. The molecule has 0 bridgehead atoms. The van der Waals surface area contributed by atoms with Gasteiger partial charge in [0, 0.05) is 17.8 Å². The summed E-state index contributed by atoms with van der Waals surface area (Å²) in [6.07, 6.45) is 1.72.